The standard InChI is InChI=1S/C31H27BrN2O7/c1-30(2,3)41-29(38)34-23-7-5-4-6-21(23)31(28(34)37,16-18-8-13-24-25(14-18)40-17-39-24)22-15-26(35)33(27(22)36)20-11-9-19(32)10-12-20/h4-14,22H,15-17H2,1-3H3/t22-,31-/m1/s1. The molecular formula is C31H27BrN2O7. The highest BCUT2D eigenvalue weighted by Gasteiger charge is 2.63. The number of benzene rings is 3. The second-order valence-corrected chi connectivity index (χ2v) is 12.2. The fourth-order valence-electron chi connectivity index (χ4n) is 5.84. The number of hydrogen-bond acceptors (Lipinski definition) is 7. The smallest absolute Gasteiger partial charge is 0.421 e. The van der Waals surface area contributed by atoms with Crippen LogP contribution in [-0.4, -0.2) is 36.2 Å². The van der Waals surface area contributed by atoms with Crippen LogP contribution < -0.4 is 19.3 Å². The van der Waals surface area contributed by atoms with Gasteiger partial charge < -0.3 is 14.2 Å². The average molecular weight is 619 g/mol. The highest BCUT2D eigenvalue weighted by Crippen LogP contribution is 2.52. The Balaban J connectivity index is 1.50. The van der Waals surface area contributed by atoms with Gasteiger partial charge in [-0.25, -0.2) is 9.69 Å². The van der Waals surface area contributed by atoms with Gasteiger partial charge >= 0.3 is 6.09 Å². The van der Waals surface area contributed by atoms with Crippen molar-refractivity contribution in [3.8, 4) is 11.5 Å². The number of fused-ring (bicyclic) bond motifs is 2. The third-order valence-corrected chi connectivity index (χ3v) is 8.06. The quantitative estimate of drug-likeness (QED) is 0.355. The Morgan fingerprint density at radius 1 is 1.00 bits per heavy atom. The maximum atomic E-state index is 14.7. The number of anilines is 2. The van der Waals surface area contributed by atoms with Gasteiger partial charge in [0.05, 0.1) is 22.7 Å². The molecule has 3 aliphatic rings. The largest absolute Gasteiger partial charge is 0.454 e. The Bertz CT molecular complexity index is 1600. The number of ether oxygens (including phenoxy) is 3. The van der Waals surface area contributed by atoms with E-state index in [1.165, 1.54) is 0 Å². The normalized spacial score (nSPS) is 21.5. The molecule has 9 nitrogen and oxygen atoms in total. The zero-order chi connectivity index (χ0) is 29.1. The molecule has 1 fully saturated rings. The number of carbonyl (C=O) groups is 4. The van der Waals surface area contributed by atoms with E-state index in [0.717, 1.165) is 14.3 Å². The SMILES string of the molecule is CC(C)(C)OC(=O)N1C(=O)[C@@](Cc2ccc3c(c2)OCO3)([C@@H]2CC(=O)N(c3ccc(Br)cc3)C2=O)c2ccccc21. The molecule has 210 valence electrons. The van der Waals surface area contributed by atoms with Gasteiger partial charge in [-0.2, -0.15) is 0 Å². The summed E-state index contributed by atoms with van der Waals surface area (Å²) in [5.41, 5.74) is -0.533. The molecule has 0 aromatic heterocycles. The number of rotatable bonds is 4. The highest BCUT2D eigenvalue weighted by molar-refractivity contribution is 9.10. The summed E-state index contributed by atoms with van der Waals surface area (Å²) in [5.74, 6) is -1.53. The van der Waals surface area contributed by atoms with E-state index in [2.05, 4.69) is 15.9 Å². The Morgan fingerprint density at radius 2 is 1.71 bits per heavy atom. The molecule has 6 rings (SSSR count). The Kier molecular flexibility index (Phi) is 6.41. The predicted octanol–water partition coefficient (Wildman–Crippen LogP) is 5.52. The number of imide groups is 2. The van der Waals surface area contributed by atoms with Crippen LogP contribution in [0.1, 0.15) is 38.3 Å². The van der Waals surface area contributed by atoms with Crippen molar-refractivity contribution >= 4 is 51.1 Å². The van der Waals surface area contributed by atoms with Gasteiger partial charge in [0.1, 0.15) is 5.60 Å². The maximum absolute atomic E-state index is 14.7. The number of nitrogens with zero attached hydrogens (tertiary/aromatic N) is 2. The zero-order valence-electron chi connectivity index (χ0n) is 22.7. The molecule has 0 aliphatic carbocycles. The fraction of sp³-hybridized carbons (Fsp3) is 0.290. The number of carbonyl (C=O) groups excluding carboxylic acids is 4. The molecule has 0 N–H and O–H groups in total. The Labute approximate surface area is 245 Å². The molecule has 0 radical (unpaired) electrons. The summed E-state index contributed by atoms with van der Waals surface area (Å²) in [4.78, 5) is 57.9. The van der Waals surface area contributed by atoms with Gasteiger partial charge in [0.15, 0.2) is 11.5 Å². The van der Waals surface area contributed by atoms with Crippen LogP contribution in [0.4, 0.5) is 16.2 Å². The van der Waals surface area contributed by atoms with Gasteiger partial charge in [0, 0.05) is 10.9 Å². The lowest BCUT2D eigenvalue weighted by molar-refractivity contribution is -0.131. The summed E-state index contributed by atoms with van der Waals surface area (Å²) in [6.07, 6.45) is -1.01. The zero-order valence-corrected chi connectivity index (χ0v) is 24.3. The first kappa shape index (κ1) is 27.0. The van der Waals surface area contributed by atoms with Gasteiger partial charge in [-0.15, -0.1) is 0 Å². The minimum Gasteiger partial charge on any atom is -0.454 e. The molecule has 3 heterocycles. The minimum absolute atomic E-state index is 0.0383. The van der Waals surface area contributed by atoms with E-state index in [0.29, 0.717) is 34.0 Å². The molecule has 3 aromatic rings. The second-order valence-electron chi connectivity index (χ2n) is 11.3. The second kappa shape index (κ2) is 9.73. The summed E-state index contributed by atoms with van der Waals surface area (Å²) < 4.78 is 17.4. The van der Waals surface area contributed by atoms with Crippen LogP contribution in [0, 0.1) is 5.92 Å². The van der Waals surface area contributed by atoms with E-state index in [-0.39, 0.29) is 19.6 Å². The number of hydrogen-bond donors (Lipinski definition) is 0. The van der Waals surface area contributed by atoms with Crippen molar-refractivity contribution in [1.82, 2.24) is 0 Å². The van der Waals surface area contributed by atoms with Crippen molar-refractivity contribution in [2.45, 2.75) is 44.6 Å². The summed E-state index contributed by atoms with van der Waals surface area (Å²) >= 11 is 3.38. The van der Waals surface area contributed by atoms with Crippen molar-refractivity contribution in [2.75, 3.05) is 16.6 Å². The van der Waals surface area contributed by atoms with Gasteiger partial charge in [-0.3, -0.25) is 19.3 Å². The van der Waals surface area contributed by atoms with Crippen LogP contribution in [0.2, 0.25) is 0 Å². The first-order chi connectivity index (χ1) is 19.5. The van der Waals surface area contributed by atoms with Crippen LogP contribution in [0.15, 0.2) is 71.2 Å². The van der Waals surface area contributed by atoms with E-state index in [9.17, 15) is 19.2 Å². The van der Waals surface area contributed by atoms with Crippen molar-refractivity contribution in [2.24, 2.45) is 5.92 Å². The monoisotopic (exact) mass is 618 g/mol. The molecule has 0 spiro atoms. The average Bonchev–Trinajstić information content (AvgIpc) is 3.57. The fourth-order valence-corrected chi connectivity index (χ4v) is 6.11. The lowest BCUT2D eigenvalue weighted by Gasteiger charge is -2.33. The molecular weight excluding hydrogens is 592 g/mol. The first-order valence-electron chi connectivity index (χ1n) is 13.2. The van der Waals surface area contributed by atoms with Crippen LogP contribution in [-0.2, 0) is 31.0 Å². The Morgan fingerprint density at radius 3 is 2.44 bits per heavy atom. The molecule has 2 atom stereocenters. The molecule has 0 unspecified atom stereocenters. The van der Waals surface area contributed by atoms with Crippen LogP contribution in [0.25, 0.3) is 0 Å². The molecule has 0 saturated carbocycles. The molecule has 41 heavy (non-hydrogen) atoms. The number of halogens is 1. The van der Waals surface area contributed by atoms with Crippen molar-refractivity contribution in [1.29, 1.82) is 0 Å². The van der Waals surface area contributed by atoms with E-state index in [4.69, 9.17) is 14.2 Å². The molecule has 4 amide bonds. The summed E-state index contributed by atoms with van der Waals surface area (Å²) in [7, 11) is 0. The number of para-hydroxylation sites is 1. The minimum atomic E-state index is -1.57. The van der Waals surface area contributed by atoms with Crippen molar-refractivity contribution < 1.29 is 33.4 Å². The van der Waals surface area contributed by atoms with Crippen LogP contribution in [0.5, 0.6) is 11.5 Å². The van der Waals surface area contributed by atoms with Crippen LogP contribution in [0.3, 0.4) is 0 Å². The maximum Gasteiger partial charge on any atom is 0.421 e. The van der Waals surface area contributed by atoms with Gasteiger partial charge in [-0.05, 0) is 80.8 Å². The van der Waals surface area contributed by atoms with E-state index >= 15 is 0 Å². The van der Waals surface area contributed by atoms with Gasteiger partial charge in [-0.1, -0.05) is 40.2 Å². The predicted molar refractivity (Wildman–Crippen MR) is 153 cm³/mol. The van der Waals surface area contributed by atoms with Crippen molar-refractivity contribution in [3.63, 3.8) is 0 Å². The lowest BCUT2D eigenvalue weighted by atomic mass is 9.66. The summed E-state index contributed by atoms with van der Waals surface area (Å²) in [6, 6.07) is 19.0. The number of amides is 4. The highest BCUT2D eigenvalue weighted by atomic mass is 79.9. The molecule has 3 aromatic carbocycles. The molecule has 3 aliphatic heterocycles. The van der Waals surface area contributed by atoms with E-state index in [1.807, 2.05) is 0 Å². The van der Waals surface area contributed by atoms with Crippen LogP contribution >= 0.6 is 15.9 Å². The topological polar surface area (TPSA) is 102 Å². The van der Waals surface area contributed by atoms with Gasteiger partial charge in [0.25, 0.3) is 0 Å². The van der Waals surface area contributed by atoms with E-state index < -0.39 is 40.7 Å². The van der Waals surface area contributed by atoms with Crippen molar-refractivity contribution in [3.05, 3.63) is 82.3 Å². The third-order valence-electron chi connectivity index (χ3n) is 7.53. The lowest BCUT2D eigenvalue weighted by Crippen LogP contribution is -2.52. The first-order valence-corrected chi connectivity index (χ1v) is 14.0. The van der Waals surface area contributed by atoms with Gasteiger partial charge in [0.2, 0.25) is 24.5 Å². The molecule has 10 heteroatoms. The molecule has 0 bridgehead atoms. The summed E-state index contributed by atoms with van der Waals surface area (Å²) in [6.45, 7) is 5.22. The molecule has 1 saturated heterocycles. The van der Waals surface area contributed by atoms with E-state index in [1.54, 1.807) is 87.5 Å². The summed E-state index contributed by atoms with van der Waals surface area (Å²) in [5, 5.41) is 0. The Hall–Kier alpha value is -4.18. The third kappa shape index (κ3) is 4.46.